The molecular formula is C9H15N3O2. The van der Waals surface area contributed by atoms with E-state index < -0.39 is 0 Å². The van der Waals surface area contributed by atoms with Gasteiger partial charge in [-0.15, -0.1) is 0 Å². The van der Waals surface area contributed by atoms with Gasteiger partial charge in [0.15, 0.2) is 0 Å². The molecule has 0 aliphatic rings. The third-order valence-electron chi connectivity index (χ3n) is 1.86. The second kappa shape index (κ2) is 4.76. The first kappa shape index (κ1) is 10.7. The third-order valence-corrected chi connectivity index (χ3v) is 1.86. The second-order valence-electron chi connectivity index (χ2n) is 3.25. The number of aromatic nitrogens is 1. The maximum absolute atomic E-state index is 11.3. The Balaban J connectivity index is 2.41. The average Bonchev–Trinajstić information content (AvgIpc) is 2.50. The largest absolute Gasteiger partial charge is 0.338 e. The number of aryl methyl sites for hydroxylation is 1. The van der Waals surface area contributed by atoms with Crippen molar-refractivity contribution in [2.24, 2.45) is 5.73 Å². The zero-order valence-electron chi connectivity index (χ0n) is 8.41. The quantitative estimate of drug-likeness (QED) is 0.755. The molecular weight excluding hydrogens is 182 g/mol. The van der Waals surface area contributed by atoms with Crippen molar-refractivity contribution in [3.05, 3.63) is 11.8 Å². The maximum atomic E-state index is 11.3. The molecule has 1 aromatic rings. The monoisotopic (exact) mass is 197 g/mol. The van der Waals surface area contributed by atoms with Crippen molar-refractivity contribution in [1.82, 2.24) is 5.16 Å². The van der Waals surface area contributed by atoms with Gasteiger partial charge in [0, 0.05) is 18.5 Å². The molecule has 1 aromatic heterocycles. The molecule has 1 atom stereocenters. The van der Waals surface area contributed by atoms with E-state index in [2.05, 4.69) is 10.5 Å². The van der Waals surface area contributed by atoms with Gasteiger partial charge in [0.1, 0.15) is 0 Å². The number of rotatable bonds is 4. The summed E-state index contributed by atoms with van der Waals surface area (Å²) >= 11 is 0. The van der Waals surface area contributed by atoms with Crippen LogP contribution in [0.2, 0.25) is 0 Å². The van der Waals surface area contributed by atoms with Gasteiger partial charge in [-0.1, -0.05) is 12.1 Å². The molecule has 0 bridgehead atoms. The molecule has 0 spiro atoms. The molecule has 3 N–H and O–H groups in total. The number of nitrogens with one attached hydrogen (secondary N) is 1. The summed E-state index contributed by atoms with van der Waals surface area (Å²) in [6, 6.07) is 1.56. The molecule has 14 heavy (non-hydrogen) atoms. The van der Waals surface area contributed by atoms with E-state index in [1.54, 1.807) is 13.0 Å². The highest BCUT2D eigenvalue weighted by molar-refractivity contribution is 5.89. The highest BCUT2D eigenvalue weighted by Crippen LogP contribution is 2.08. The van der Waals surface area contributed by atoms with Crippen LogP contribution < -0.4 is 11.1 Å². The lowest BCUT2D eigenvalue weighted by molar-refractivity contribution is -0.116. The Morgan fingerprint density at radius 2 is 2.50 bits per heavy atom. The molecule has 0 fully saturated rings. The fourth-order valence-electron chi connectivity index (χ4n) is 0.993. The van der Waals surface area contributed by atoms with Crippen molar-refractivity contribution in [3.8, 4) is 0 Å². The molecule has 5 nitrogen and oxygen atoms in total. The summed E-state index contributed by atoms with van der Waals surface area (Å²) in [7, 11) is 0. The lowest BCUT2D eigenvalue weighted by Crippen LogP contribution is -2.26. The summed E-state index contributed by atoms with van der Waals surface area (Å²) < 4.78 is 4.83. The van der Waals surface area contributed by atoms with Gasteiger partial charge in [0.05, 0.1) is 5.69 Å². The highest BCUT2D eigenvalue weighted by Gasteiger charge is 2.09. The van der Waals surface area contributed by atoms with Gasteiger partial charge in [0.25, 0.3) is 0 Å². The van der Waals surface area contributed by atoms with Gasteiger partial charge in [-0.2, -0.15) is 0 Å². The van der Waals surface area contributed by atoms with E-state index in [9.17, 15) is 4.79 Å². The van der Waals surface area contributed by atoms with Gasteiger partial charge in [-0.3, -0.25) is 10.1 Å². The van der Waals surface area contributed by atoms with Gasteiger partial charge >= 0.3 is 0 Å². The fraction of sp³-hybridized carbons (Fsp3) is 0.556. The number of hydrogen-bond acceptors (Lipinski definition) is 4. The maximum Gasteiger partial charge on any atom is 0.231 e. The first-order valence-corrected chi connectivity index (χ1v) is 4.60. The van der Waals surface area contributed by atoms with Crippen LogP contribution in [-0.4, -0.2) is 17.1 Å². The van der Waals surface area contributed by atoms with E-state index >= 15 is 0 Å². The zero-order valence-corrected chi connectivity index (χ0v) is 8.41. The molecule has 5 heteroatoms. The minimum atomic E-state index is -0.143. The topological polar surface area (TPSA) is 81.2 Å². The fourth-order valence-corrected chi connectivity index (χ4v) is 0.993. The minimum Gasteiger partial charge on any atom is -0.338 e. The third kappa shape index (κ3) is 3.18. The van der Waals surface area contributed by atoms with Gasteiger partial charge in [-0.05, 0) is 13.3 Å². The molecule has 1 unspecified atom stereocenters. The smallest absolute Gasteiger partial charge is 0.231 e. The molecule has 1 amide bonds. The van der Waals surface area contributed by atoms with Crippen LogP contribution >= 0.6 is 0 Å². The van der Waals surface area contributed by atoms with E-state index in [-0.39, 0.29) is 11.9 Å². The molecule has 78 valence electrons. The van der Waals surface area contributed by atoms with Gasteiger partial charge in [0.2, 0.25) is 11.8 Å². The normalized spacial score (nSPS) is 12.5. The first-order chi connectivity index (χ1) is 6.61. The molecule has 0 aliphatic carbocycles. The van der Waals surface area contributed by atoms with Crippen LogP contribution in [0.25, 0.3) is 0 Å². The van der Waals surface area contributed by atoms with Crippen LogP contribution in [0.5, 0.6) is 0 Å². The van der Waals surface area contributed by atoms with Gasteiger partial charge in [-0.25, -0.2) is 0 Å². The van der Waals surface area contributed by atoms with Gasteiger partial charge < -0.3 is 10.3 Å². The predicted molar refractivity (Wildman–Crippen MR) is 52.8 cm³/mol. The van der Waals surface area contributed by atoms with Crippen molar-refractivity contribution in [2.75, 3.05) is 5.32 Å². The number of anilines is 1. The first-order valence-electron chi connectivity index (χ1n) is 4.60. The lowest BCUT2D eigenvalue weighted by Gasteiger charge is -2.06. The number of nitrogens with zero attached hydrogens (tertiary/aromatic N) is 1. The predicted octanol–water partition coefficient (Wildman–Crippen LogP) is 1.05. The van der Waals surface area contributed by atoms with Crippen molar-refractivity contribution in [3.63, 3.8) is 0 Å². The molecule has 1 rings (SSSR count). The number of carbonyl (C=O) groups is 1. The van der Waals surface area contributed by atoms with Crippen LogP contribution in [0.4, 0.5) is 5.88 Å². The number of amides is 1. The Hall–Kier alpha value is -1.36. The lowest BCUT2D eigenvalue weighted by atomic mass is 10.1. The Bertz CT molecular complexity index is 309. The van der Waals surface area contributed by atoms with Crippen molar-refractivity contribution in [1.29, 1.82) is 0 Å². The Morgan fingerprint density at radius 1 is 1.79 bits per heavy atom. The van der Waals surface area contributed by atoms with Crippen LogP contribution in [-0.2, 0) is 4.79 Å². The summed E-state index contributed by atoms with van der Waals surface area (Å²) in [5.41, 5.74) is 6.36. The van der Waals surface area contributed by atoms with Crippen molar-refractivity contribution >= 4 is 11.8 Å². The molecule has 0 aliphatic heterocycles. The van der Waals surface area contributed by atoms with Crippen LogP contribution in [0.1, 0.15) is 25.5 Å². The van der Waals surface area contributed by atoms with E-state index in [1.807, 2.05) is 6.92 Å². The molecule has 0 radical (unpaired) electrons. The second-order valence-corrected chi connectivity index (χ2v) is 3.25. The van der Waals surface area contributed by atoms with Crippen LogP contribution in [0, 0.1) is 6.92 Å². The van der Waals surface area contributed by atoms with Crippen LogP contribution in [0.3, 0.4) is 0 Å². The summed E-state index contributed by atoms with van der Waals surface area (Å²) in [4.78, 5) is 11.3. The molecule has 0 aromatic carbocycles. The Kier molecular flexibility index (Phi) is 3.64. The SMILES string of the molecule is CCC(N)CC(=O)Nc1cc(C)no1. The van der Waals surface area contributed by atoms with Crippen molar-refractivity contribution in [2.45, 2.75) is 32.7 Å². The molecule has 0 saturated carbocycles. The molecule has 0 saturated heterocycles. The standard InChI is InChI=1S/C9H15N3O2/c1-3-7(10)5-8(13)11-9-4-6(2)12-14-9/h4,7H,3,5,10H2,1-2H3,(H,11,13). The van der Waals surface area contributed by atoms with E-state index in [1.165, 1.54) is 0 Å². The summed E-state index contributed by atoms with van der Waals surface area (Å²) in [5.74, 6) is 0.228. The Labute approximate surface area is 82.6 Å². The van der Waals surface area contributed by atoms with Crippen LogP contribution in [0.15, 0.2) is 10.6 Å². The summed E-state index contributed by atoms with van der Waals surface area (Å²) in [6.07, 6.45) is 1.08. The Morgan fingerprint density at radius 3 is 3.00 bits per heavy atom. The summed E-state index contributed by atoms with van der Waals surface area (Å²) in [6.45, 7) is 3.73. The zero-order chi connectivity index (χ0) is 10.6. The van der Waals surface area contributed by atoms with E-state index in [0.717, 1.165) is 12.1 Å². The van der Waals surface area contributed by atoms with E-state index in [4.69, 9.17) is 10.3 Å². The number of hydrogen-bond donors (Lipinski definition) is 2. The number of carbonyl (C=O) groups excluding carboxylic acids is 1. The number of nitrogens with two attached hydrogens (primary N) is 1. The highest BCUT2D eigenvalue weighted by atomic mass is 16.5. The molecule has 1 heterocycles. The summed E-state index contributed by atoms with van der Waals surface area (Å²) in [5, 5.41) is 6.23. The average molecular weight is 197 g/mol. The minimum absolute atomic E-state index is 0.0981. The van der Waals surface area contributed by atoms with E-state index in [0.29, 0.717) is 12.3 Å². The van der Waals surface area contributed by atoms with Crippen molar-refractivity contribution < 1.29 is 9.32 Å².